The maximum Gasteiger partial charge on any atom is 0.436 e. The number of esters is 3. The first-order valence-corrected chi connectivity index (χ1v) is 7.51. The zero-order valence-electron chi connectivity index (χ0n) is 14.2. The number of hydrogen-bond donors (Lipinski definition) is 0. The highest BCUT2D eigenvalue weighted by Gasteiger charge is 2.53. The van der Waals surface area contributed by atoms with Crippen LogP contribution in [0, 0.1) is 10.1 Å². The van der Waals surface area contributed by atoms with Crippen LogP contribution in [0.5, 0.6) is 0 Å². The van der Waals surface area contributed by atoms with Gasteiger partial charge in [-0.15, -0.1) is 0 Å². The van der Waals surface area contributed by atoms with Crippen molar-refractivity contribution in [2.75, 3.05) is 6.61 Å². The zero-order chi connectivity index (χ0) is 19.4. The zero-order valence-corrected chi connectivity index (χ0v) is 14.2. The molecular formula is C14H17N3O9. The Balaban J connectivity index is 2.39. The first-order chi connectivity index (χ1) is 12.2. The van der Waals surface area contributed by atoms with Crippen molar-refractivity contribution in [3.05, 3.63) is 22.5 Å². The highest BCUT2D eigenvalue weighted by molar-refractivity contribution is 5.68. The molecule has 1 aromatic heterocycles. The van der Waals surface area contributed by atoms with Crippen molar-refractivity contribution >= 4 is 23.9 Å². The minimum Gasteiger partial charge on any atom is -0.463 e. The van der Waals surface area contributed by atoms with E-state index in [-0.39, 0.29) is 6.61 Å². The van der Waals surface area contributed by atoms with E-state index >= 15 is 0 Å². The number of rotatable bonds is 6. The van der Waals surface area contributed by atoms with Crippen LogP contribution >= 0.6 is 0 Å². The molecule has 0 amide bonds. The van der Waals surface area contributed by atoms with Gasteiger partial charge in [-0.25, -0.2) is 0 Å². The molecule has 4 atom stereocenters. The van der Waals surface area contributed by atoms with E-state index < -0.39 is 53.3 Å². The molecule has 2 rings (SSSR count). The molecule has 1 aromatic rings. The Labute approximate surface area is 147 Å². The van der Waals surface area contributed by atoms with E-state index in [0.717, 1.165) is 18.4 Å². The topological polar surface area (TPSA) is 149 Å². The monoisotopic (exact) mass is 371 g/mol. The highest BCUT2D eigenvalue weighted by atomic mass is 16.7. The van der Waals surface area contributed by atoms with E-state index in [2.05, 4.69) is 4.98 Å². The summed E-state index contributed by atoms with van der Waals surface area (Å²) in [4.78, 5) is 48.0. The van der Waals surface area contributed by atoms with Crippen molar-refractivity contribution in [2.24, 2.45) is 0 Å². The largest absolute Gasteiger partial charge is 0.463 e. The van der Waals surface area contributed by atoms with Crippen LogP contribution in [0.1, 0.15) is 27.0 Å². The quantitative estimate of drug-likeness (QED) is 0.292. The molecule has 0 spiro atoms. The summed E-state index contributed by atoms with van der Waals surface area (Å²) in [5.74, 6) is -2.56. The molecule has 1 fully saturated rings. The smallest absolute Gasteiger partial charge is 0.436 e. The van der Waals surface area contributed by atoms with Gasteiger partial charge in [-0.3, -0.25) is 14.4 Å². The van der Waals surface area contributed by atoms with E-state index in [9.17, 15) is 24.5 Å². The van der Waals surface area contributed by atoms with Gasteiger partial charge < -0.3 is 29.1 Å². The Morgan fingerprint density at radius 3 is 2.35 bits per heavy atom. The third-order valence-corrected chi connectivity index (χ3v) is 3.43. The Morgan fingerprint density at radius 1 is 1.19 bits per heavy atom. The van der Waals surface area contributed by atoms with Gasteiger partial charge in [0.25, 0.3) is 0 Å². The third-order valence-electron chi connectivity index (χ3n) is 3.43. The van der Waals surface area contributed by atoms with Crippen LogP contribution in [0.3, 0.4) is 0 Å². The van der Waals surface area contributed by atoms with Crippen molar-refractivity contribution in [3.8, 4) is 0 Å². The van der Waals surface area contributed by atoms with Gasteiger partial charge in [0.2, 0.25) is 12.3 Å². The molecule has 12 nitrogen and oxygen atoms in total. The highest BCUT2D eigenvalue weighted by Crippen LogP contribution is 2.36. The lowest BCUT2D eigenvalue weighted by molar-refractivity contribution is -0.398. The van der Waals surface area contributed by atoms with Crippen LogP contribution in [0.25, 0.3) is 0 Å². The summed E-state index contributed by atoms with van der Waals surface area (Å²) in [6.45, 7) is 3.14. The van der Waals surface area contributed by atoms with Crippen LogP contribution in [-0.4, -0.2) is 57.3 Å². The predicted molar refractivity (Wildman–Crippen MR) is 80.5 cm³/mol. The minimum absolute atomic E-state index is 0.302. The summed E-state index contributed by atoms with van der Waals surface area (Å²) in [5.41, 5.74) is 0. The van der Waals surface area contributed by atoms with E-state index in [1.54, 1.807) is 0 Å². The van der Waals surface area contributed by atoms with Gasteiger partial charge in [0, 0.05) is 20.8 Å². The van der Waals surface area contributed by atoms with Crippen LogP contribution in [0.2, 0.25) is 0 Å². The number of hydrogen-bond acceptors (Lipinski definition) is 10. The van der Waals surface area contributed by atoms with Crippen molar-refractivity contribution in [1.29, 1.82) is 0 Å². The number of carbonyl (C=O) groups excluding carboxylic acids is 3. The van der Waals surface area contributed by atoms with Crippen LogP contribution in [-0.2, 0) is 33.3 Å². The molecule has 0 saturated carbocycles. The number of nitro groups is 1. The lowest BCUT2D eigenvalue weighted by Crippen LogP contribution is -2.40. The molecule has 0 radical (unpaired) electrons. The van der Waals surface area contributed by atoms with Crippen molar-refractivity contribution in [2.45, 2.75) is 45.3 Å². The van der Waals surface area contributed by atoms with Gasteiger partial charge >= 0.3 is 23.9 Å². The molecule has 142 valence electrons. The lowest BCUT2D eigenvalue weighted by atomic mass is 10.1. The summed E-state index contributed by atoms with van der Waals surface area (Å²) >= 11 is 0. The van der Waals surface area contributed by atoms with Crippen molar-refractivity contribution in [1.82, 2.24) is 9.55 Å². The van der Waals surface area contributed by atoms with Gasteiger partial charge in [0.05, 0.1) is 0 Å². The second kappa shape index (κ2) is 7.91. The normalized spacial score (nSPS) is 24.7. The average molecular weight is 371 g/mol. The van der Waals surface area contributed by atoms with E-state index in [1.807, 2.05) is 0 Å². The van der Waals surface area contributed by atoms with E-state index in [4.69, 9.17) is 18.9 Å². The van der Waals surface area contributed by atoms with E-state index in [1.165, 1.54) is 19.3 Å². The van der Waals surface area contributed by atoms with Crippen LogP contribution in [0.4, 0.5) is 5.95 Å². The van der Waals surface area contributed by atoms with Gasteiger partial charge in [-0.05, 0) is 4.92 Å². The Bertz CT molecular complexity index is 716. The van der Waals surface area contributed by atoms with Crippen LogP contribution < -0.4 is 0 Å². The Kier molecular flexibility index (Phi) is 5.87. The standard InChI is InChI=1S/C14H17N3O9/c1-7(18)23-6-10-11(24-8(2)19)12(25-9(3)20)13(26-10)16-5-4-15-14(16)17(21)22/h4-5,10-13H,6H2,1-3H3/t10-,11-,12-,13-/m1/s1. The molecule has 1 saturated heterocycles. The Hall–Kier alpha value is -3.02. The number of aromatic nitrogens is 2. The minimum atomic E-state index is -1.20. The molecule has 2 heterocycles. The third kappa shape index (κ3) is 4.33. The fraction of sp³-hybridized carbons (Fsp3) is 0.571. The van der Waals surface area contributed by atoms with Gasteiger partial charge in [-0.2, -0.15) is 4.57 Å². The molecule has 0 unspecified atom stereocenters. The molecule has 26 heavy (non-hydrogen) atoms. The number of carbonyl (C=O) groups is 3. The summed E-state index contributed by atoms with van der Waals surface area (Å²) < 4.78 is 21.9. The fourth-order valence-electron chi connectivity index (χ4n) is 2.56. The molecule has 0 aliphatic carbocycles. The van der Waals surface area contributed by atoms with E-state index in [0.29, 0.717) is 0 Å². The van der Waals surface area contributed by atoms with Crippen molar-refractivity contribution < 1.29 is 38.3 Å². The maximum absolute atomic E-state index is 11.5. The van der Waals surface area contributed by atoms with Gasteiger partial charge in [0.15, 0.2) is 6.10 Å². The predicted octanol–water partition coefficient (Wildman–Crippen LogP) is 0.115. The summed E-state index contributed by atoms with van der Waals surface area (Å²) in [6.07, 6.45) is -2.11. The summed E-state index contributed by atoms with van der Waals surface area (Å²) in [7, 11) is 0. The first kappa shape index (κ1) is 19.3. The number of ether oxygens (including phenoxy) is 4. The molecule has 12 heteroatoms. The molecule has 0 aromatic carbocycles. The average Bonchev–Trinajstić information content (AvgIpc) is 3.10. The molecule has 0 N–H and O–H groups in total. The molecule has 0 bridgehead atoms. The van der Waals surface area contributed by atoms with Crippen molar-refractivity contribution in [3.63, 3.8) is 0 Å². The van der Waals surface area contributed by atoms with Crippen LogP contribution in [0.15, 0.2) is 12.4 Å². The second-order valence-corrected chi connectivity index (χ2v) is 5.41. The Morgan fingerprint density at radius 2 is 1.81 bits per heavy atom. The lowest BCUT2D eigenvalue weighted by Gasteiger charge is -2.22. The summed E-state index contributed by atoms with van der Waals surface area (Å²) in [5, 5.41) is 11.1. The second-order valence-electron chi connectivity index (χ2n) is 5.41. The molecular weight excluding hydrogens is 354 g/mol. The first-order valence-electron chi connectivity index (χ1n) is 7.51. The number of imidazole rings is 1. The maximum atomic E-state index is 11.5. The molecule has 1 aliphatic rings. The fourth-order valence-corrected chi connectivity index (χ4v) is 2.56. The number of nitrogens with zero attached hydrogens (tertiary/aromatic N) is 3. The SMILES string of the molecule is CC(=O)OC[C@H]1O[C@@H](n2ccnc2[N+](=O)[O-])[C@H](OC(C)=O)[C@@H]1OC(C)=O. The summed E-state index contributed by atoms with van der Waals surface area (Å²) in [6, 6.07) is 0. The van der Waals surface area contributed by atoms with Gasteiger partial charge in [0.1, 0.15) is 25.1 Å². The molecule has 1 aliphatic heterocycles. The van der Waals surface area contributed by atoms with Gasteiger partial charge in [-0.1, -0.05) is 4.98 Å².